The molecule has 8 heteroatoms. The van der Waals surface area contributed by atoms with Gasteiger partial charge in [-0.05, 0) is 24.3 Å². The Labute approximate surface area is 155 Å². The van der Waals surface area contributed by atoms with E-state index in [0.717, 1.165) is 11.4 Å². The number of benzene rings is 2. The van der Waals surface area contributed by atoms with E-state index in [1.807, 2.05) is 42.5 Å². The van der Waals surface area contributed by atoms with Crippen molar-refractivity contribution in [3.63, 3.8) is 0 Å². The lowest BCUT2D eigenvalue weighted by Crippen LogP contribution is -2.17. The molecule has 3 N–H and O–H groups in total. The maximum absolute atomic E-state index is 12.2. The number of anilines is 1. The van der Waals surface area contributed by atoms with Crippen molar-refractivity contribution >= 4 is 23.2 Å². The molecule has 0 radical (unpaired) electrons. The van der Waals surface area contributed by atoms with Gasteiger partial charge in [0.15, 0.2) is 11.6 Å². The first-order chi connectivity index (χ1) is 12.7. The molecule has 0 unspecified atom stereocenters. The highest BCUT2D eigenvalue weighted by Gasteiger charge is 2.13. The molecule has 7 nitrogen and oxygen atoms in total. The van der Waals surface area contributed by atoms with Crippen LogP contribution in [0, 0.1) is 0 Å². The van der Waals surface area contributed by atoms with Crippen molar-refractivity contribution in [1.82, 2.24) is 14.9 Å². The first-order valence-corrected chi connectivity index (χ1v) is 8.94. The number of aromatic nitrogens is 3. The third kappa shape index (κ3) is 4.34. The van der Waals surface area contributed by atoms with Gasteiger partial charge in [-0.3, -0.25) is 4.79 Å². The van der Waals surface area contributed by atoms with Crippen LogP contribution in [-0.2, 0) is 6.54 Å². The Morgan fingerprint density at radius 1 is 1.15 bits per heavy atom. The Hall–Kier alpha value is -3.00. The van der Waals surface area contributed by atoms with Crippen molar-refractivity contribution in [2.24, 2.45) is 0 Å². The SMILES string of the molecule is COc1ccc(NCc2nnc(SCC(=O)c3ccccc3)n2N)cc1. The van der Waals surface area contributed by atoms with Crippen molar-refractivity contribution < 1.29 is 9.53 Å². The number of ketones is 1. The van der Waals surface area contributed by atoms with E-state index in [2.05, 4.69) is 15.5 Å². The number of hydrogen-bond donors (Lipinski definition) is 2. The van der Waals surface area contributed by atoms with E-state index >= 15 is 0 Å². The quantitative estimate of drug-likeness (QED) is 0.358. The van der Waals surface area contributed by atoms with Gasteiger partial charge in [-0.15, -0.1) is 10.2 Å². The Kier molecular flexibility index (Phi) is 5.75. The molecule has 0 saturated heterocycles. The zero-order valence-corrected chi connectivity index (χ0v) is 15.1. The highest BCUT2D eigenvalue weighted by atomic mass is 32.2. The van der Waals surface area contributed by atoms with Crippen molar-refractivity contribution in [3.8, 4) is 5.75 Å². The summed E-state index contributed by atoms with van der Waals surface area (Å²) in [6, 6.07) is 16.7. The van der Waals surface area contributed by atoms with Gasteiger partial charge in [0.05, 0.1) is 19.4 Å². The number of nitrogens with one attached hydrogen (secondary N) is 1. The number of carbonyl (C=O) groups is 1. The monoisotopic (exact) mass is 369 g/mol. The van der Waals surface area contributed by atoms with Gasteiger partial charge in [0.2, 0.25) is 5.16 Å². The molecule has 0 bridgehead atoms. The number of thioether (sulfide) groups is 1. The summed E-state index contributed by atoms with van der Waals surface area (Å²) >= 11 is 1.27. The Morgan fingerprint density at radius 3 is 2.58 bits per heavy atom. The van der Waals surface area contributed by atoms with E-state index in [-0.39, 0.29) is 11.5 Å². The average Bonchev–Trinajstić information content (AvgIpc) is 3.05. The number of methoxy groups -OCH3 is 1. The number of nitrogen functional groups attached to an aromatic ring is 1. The van der Waals surface area contributed by atoms with Crippen LogP contribution >= 0.6 is 11.8 Å². The van der Waals surface area contributed by atoms with E-state index in [0.29, 0.717) is 23.1 Å². The van der Waals surface area contributed by atoms with E-state index in [4.69, 9.17) is 10.6 Å². The van der Waals surface area contributed by atoms with Gasteiger partial charge in [0.1, 0.15) is 5.75 Å². The maximum Gasteiger partial charge on any atom is 0.210 e. The van der Waals surface area contributed by atoms with E-state index in [9.17, 15) is 4.79 Å². The topological polar surface area (TPSA) is 95.1 Å². The summed E-state index contributed by atoms with van der Waals surface area (Å²) in [5.74, 6) is 7.69. The molecule has 0 aliphatic heterocycles. The second kappa shape index (κ2) is 8.39. The summed E-state index contributed by atoms with van der Waals surface area (Å²) in [5, 5.41) is 11.9. The lowest BCUT2D eigenvalue weighted by Gasteiger charge is -2.07. The third-order valence-corrected chi connectivity index (χ3v) is 4.65. The number of carbonyl (C=O) groups excluding carboxylic acids is 1. The van der Waals surface area contributed by atoms with Crippen LogP contribution in [0.3, 0.4) is 0 Å². The first-order valence-electron chi connectivity index (χ1n) is 7.95. The van der Waals surface area contributed by atoms with Crippen molar-refractivity contribution in [2.75, 3.05) is 24.0 Å². The van der Waals surface area contributed by atoms with Crippen LogP contribution in [0.1, 0.15) is 16.2 Å². The molecule has 1 aromatic heterocycles. The lowest BCUT2D eigenvalue weighted by atomic mass is 10.2. The number of nitrogens with zero attached hydrogens (tertiary/aromatic N) is 3. The minimum atomic E-state index is 0.0245. The minimum Gasteiger partial charge on any atom is -0.497 e. The predicted molar refractivity (Wildman–Crippen MR) is 102 cm³/mol. The Bertz CT molecular complexity index is 865. The van der Waals surface area contributed by atoms with Crippen LogP contribution in [0.25, 0.3) is 0 Å². The minimum absolute atomic E-state index is 0.0245. The van der Waals surface area contributed by atoms with Crippen LogP contribution in [0.2, 0.25) is 0 Å². The van der Waals surface area contributed by atoms with Crippen LogP contribution in [-0.4, -0.2) is 33.5 Å². The summed E-state index contributed by atoms with van der Waals surface area (Å²) in [5.41, 5.74) is 1.59. The first kappa shape index (κ1) is 17.8. The van der Waals surface area contributed by atoms with Crippen LogP contribution in [0.15, 0.2) is 59.8 Å². The van der Waals surface area contributed by atoms with Gasteiger partial charge in [0.25, 0.3) is 0 Å². The zero-order chi connectivity index (χ0) is 18.4. The second-order valence-electron chi connectivity index (χ2n) is 5.43. The zero-order valence-electron chi connectivity index (χ0n) is 14.3. The molecular weight excluding hydrogens is 350 g/mol. The lowest BCUT2D eigenvalue weighted by molar-refractivity contribution is 0.102. The fourth-order valence-corrected chi connectivity index (χ4v) is 3.02. The Morgan fingerprint density at radius 2 is 1.88 bits per heavy atom. The number of hydrogen-bond acceptors (Lipinski definition) is 7. The van der Waals surface area contributed by atoms with Gasteiger partial charge >= 0.3 is 0 Å². The third-order valence-electron chi connectivity index (χ3n) is 3.70. The molecule has 2 aromatic carbocycles. The van der Waals surface area contributed by atoms with Gasteiger partial charge in [0, 0.05) is 11.3 Å². The fraction of sp³-hybridized carbons (Fsp3) is 0.167. The molecular formula is C18H19N5O2S. The van der Waals surface area contributed by atoms with Crippen molar-refractivity contribution in [1.29, 1.82) is 0 Å². The molecule has 1 heterocycles. The summed E-state index contributed by atoms with van der Waals surface area (Å²) < 4.78 is 6.53. The van der Waals surface area contributed by atoms with Crippen molar-refractivity contribution in [3.05, 3.63) is 66.0 Å². The summed E-state index contributed by atoms with van der Waals surface area (Å²) in [4.78, 5) is 12.2. The van der Waals surface area contributed by atoms with Gasteiger partial charge in [-0.1, -0.05) is 42.1 Å². The number of ether oxygens (including phenoxy) is 1. The van der Waals surface area contributed by atoms with Gasteiger partial charge in [-0.25, -0.2) is 4.68 Å². The standard InChI is InChI=1S/C18H19N5O2S/c1-25-15-9-7-14(8-10-15)20-11-17-21-22-18(23(17)19)26-12-16(24)13-5-3-2-4-6-13/h2-10,20H,11-12,19H2,1H3. The van der Waals surface area contributed by atoms with Crippen LogP contribution in [0.5, 0.6) is 5.75 Å². The second-order valence-corrected chi connectivity index (χ2v) is 6.37. The van der Waals surface area contributed by atoms with Crippen LogP contribution in [0.4, 0.5) is 5.69 Å². The molecule has 0 spiro atoms. The molecule has 26 heavy (non-hydrogen) atoms. The van der Waals surface area contributed by atoms with E-state index < -0.39 is 0 Å². The number of nitrogens with two attached hydrogens (primary N) is 1. The highest BCUT2D eigenvalue weighted by molar-refractivity contribution is 7.99. The smallest absolute Gasteiger partial charge is 0.210 e. The normalized spacial score (nSPS) is 10.5. The Balaban J connectivity index is 1.56. The molecule has 0 atom stereocenters. The molecule has 0 fully saturated rings. The number of rotatable bonds is 8. The summed E-state index contributed by atoms with van der Waals surface area (Å²) in [7, 11) is 1.63. The largest absolute Gasteiger partial charge is 0.497 e. The molecule has 134 valence electrons. The molecule has 0 amide bonds. The average molecular weight is 369 g/mol. The summed E-state index contributed by atoms with van der Waals surface area (Å²) in [6.45, 7) is 0.420. The molecule has 3 rings (SSSR count). The fourth-order valence-electron chi connectivity index (χ4n) is 2.25. The number of Topliss-reactive ketones (excluding diaryl/α,β-unsaturated/α-hetero) is 1. The summed E-state index contributed by atoms with van der Waals surface area (Å²) in [6.07, 6.45) is 0. The van der Waals surface area contributed by atoms with E-state index in [1.165, 1.54) is 16.4 Å². The van der Waals surface area contributed by atoms with Gasteiger partial charge in [-0.2, -0.15) is 0 Å². The molecule has 0 aliphatic rings. The molecule has 0 saturated carbocycles. The molecule has 3 aromatic rings. The van der Waals surface area contributed by atoms with Gasteiger partial charge < -0.3 is 15.9 Å². The van der Waals surface area contributed by atoms with Crippen LogP contribution < -0.4 is 15.9 Å². The predicted octanol–water partition coefficient (Wildman–Crippen LogP) is 2.59. The maximum atomic E-state index is 12.2. The van der Waals surface area contributed by atoms with Crippen molar-refractivity contribution in [2.45, 2.75) is 11.7 Å². The van der Waals surface area contributed by atoms with E-state index in [1.54, 1.807) is 19.2 Å². The highest BCUT2D eigenvalue weighted by Crippen LogP contribution is 2.18. The molecule has 0 aliphatic carbocycles.